The monoisotopic (exact) mass is 278 g/mol. The lowest BCUT2D eigenvalue weighted by Gasteiger charge is -2.03. The fourth-order valence-electron chi connectivity index (χ4n) is 2.06. The number of fused-ring (bicyclic) bond motifs is 1. The number of carbonyl (C=O) groups excluding carboxylic acids is 1. The largest absolute Gasteiger partial charge is 0.351 e. The Kier molecular flexibility index (Phi) is 3.78. The van der Waals surface area contributed by atoms with Crippen molar-refractivity contribution >= 4 is 16.9 Å². The van der Waals surface area contributed by atoms with Crippen molar-refractivity contribution in [1.82, 2.24) is 19.4 Å². The van der Waals surface area contributed by atoms with Crippen LogP contribution in [0.2, 0.25) is 0 Å². The first-order valence-corrected chi connectivity index (χ1v) is 6.54. The van der Waals surface area contributed by atoms with Gasteiger partial charge in [0.05, 0.1) is 5.39 Å². The predicted octanol–water partition coefficient (Wildman–Crippen LogP) is 0.0952. The number of aryl methyl sites for hydroxylation is 1. The van der Waals surface area contributed by atoms with Crippen molar-refractivity contribution in [3.63, 3.8) is 0 Å². The van der Waals surface area contributed by atoms with Gasteiger partial charge in [0.15, 0.2) is 0 Å². The maximum absolute atomic E-state index is 12.0. The van der Waals surface area contributed by atoms with Gasteiger partial charge < -0.3 is 10.3 Å². The van der Waals surface area contributed by atoms with E-state index in [1.807, 2.05) is 6.92 Å². The molecule has 0 spiro atoms. The van der Waals surface area contributed by atoms with E-state index in [9.17, 15) is 14.4 Å². The molecule has 0 atom stereocenters. The molecule has 0 bridgehead atoms. The fourth-order valence-corrected chi connectivity index (χ4v) is 2.06. The smallest absolute Gasteiger partial charge is 0.332 e. The van der Waals surface area contributed by atoms with Crippen LogP contribution in [0, 0.1) is 0 Å². The molecule has 0 saturated carbocycles. The summed E-state index contributed by atoms with van der Waals surface area (Å²) in [7, 11) is 2.97. The first-order valence-electron chi connectivity index (χ1n) is 6.54. The molecule has 1 amide bonds. The summed E-state index contributed by atoms with van der Waals surface area (Å²) in [5, 5.41) is 3.09. The average Bonchev–Trinajstić information content (AvgIpc) is 2.88. The highest BCUT2D eigenvalue weighted by Crippen LogP contribution is 2.09. The molecule has 0 aliphatic rings. The second kappa shape index (κ2) is 5.36. The molecule has 0 aliphatic heterocycles. The van der Waals surface area contributed by atoms with Gasteiger partial charge in [0, 0.05) is 20.6 Å². The number of nitrogens with one attached hydrogen (secondary N) is 2. The van der Waals surface area contributed by atoms with Gasteiger partial charge in [-0.25, -0.2) is 4.79 Å². The lowest BCUT2D eigenvalue weighted by atomic mass is 10.3. The zero-order valence-electron chi connectivity index (χ0n) is 11.8. The van der Waals surface area contributed by atoms with Crippen molar-refractivity contribution in [2.24, 2.45) is 14.1 Å². The summed E-state index contributed by atoms with van der Waals surface area (Å²) in [6.07, 6.45) is 1.88. The van der Waals surface area contributed by atoms with Crippen molar-refractivity contribution in [1.29, 1.82) is 0 Å². The Morgan fingerprint density at radius 2 is 2.00 bits per heavy atom. The Bertz CT molecular complexity index is 766. The quantitative estimate of drug-likeness (QED) is 0.777. The highest BCUT2D eigenvalue weighted by atomic mass is 16.2. The molecule has 2 heterocycles. The van der Waals surface area contributed by atoms with Gasteiger partial charge >= 0.3 is 5.69 Å². The summed E-state index contributed by atoms with van der Waals surface area (Å²) in [6, 6.07) is 1.48. The van der Waals surface area contributed by atoms with Crippen molar-refractivity contribution in [3.05, 3.63) is 32.6 Å². The number of rotatable bonds is 4. The molecule has 2 aromatic heterocycles. The van der Waals surface area contributed by atoms with Crippen LogP contribution in [0.15, 0.2) is 15.7 Å². The standard InChI is InChI=1S/C13H18N4O3/c1-4-5-6-14-11(18)9-7-8-10(15-9)16(2)13(20)17(3)12(8)19/h7,15H,4-6H2,1-3H3,(H,14,18). The van der Waals surface area contributed by atoms with Crippen LogP contribution in [0.3, 0.4) is 0 Å². The van der Waals surface area contributed by atoms with Crippen LogP contribution in [0.1, 0.15) is 30.3 Å². The van der Waals surface area contributed by atoms with E-state index in [-0.39, 0.29) is 11.6 Å². The summed E-state index contributed by atoms with van der Waals surface area (Å²) < 4.78 is 2.34. The van der Waals surface area contributed by atoms with Crippen molar-refractivity contribution in [3.8, 4) is 0 Å². The molecule has 20 heavy (non-hydrogen) atoms. The summed E-state index contributed by atoms with van der Waals surface area (Å²) in [4.78, 5) is 38.6. The minimum atomic E-state index is -0.428. The summed E-state index contributed by atoms with van der Waals surface area (Å²) in [5.74, 6) is -0.274. The first-order chi connectivity index (χ1) is 9.47. The fraction of sp³-hybridized carbons (Fsp3) is 0.462. The van der Waals surface area contributed by atoms with E-state index < -0.39 is 11.2 Å². The van der Waals surface area contributed by atoms with Crippen LogP contribution in [0.4, 0.5) is 0 Å². The van der Waals surface area contributed by atoms with Gasteiger partial charge in [-0.15, -0.1) is 0 Å². The van der Waals surface area contributed by atoms with E-state index in [4.69, 9.17) is 0 Å². The molecule has 0 aromatic carbocycles. The SMILES string of the molecule is CCCCNC(=O)c1cc2c(=O)n(C)c(=O)n(C)c2[nH]1. The Hall–Kier alpha value is -2.31. The van der Waals surface area contributed by atoms with Gasteiger partial charge in [0.25, 0.3) is 11.5 Å². The lowest BCUT2D eigenvalue weighted by Crippen LogP contribution is -2.36. The van der Waals surface area contributed by atoms with Crippen LogP contribution in [-0.2, 0) is 14.1 Å². The number of hydrogen-bond donors (Lipinski definition) is 2. The van der Waals surface area contributed by atoms with E-state index in [1.54, 1.807) is 7.05 Å². The third-order valence-electron chi connectivity index (χ3n) is 3.30. The highest BCUT2D eigenvalue weighted by Gasteiger charge is 2.15. The molecule has 0 fully saturated rings. The van der Waals surface area contributed by atoms with E-state index in [1.165, 1.54) is 17.7 Å². The Balaban J connectivity index is 2.47. The van der Waals surface area contributed by atoms with Crippen molar-refractivity contribution in [2.45, 2.75) is 19.8 Å². The van der Waals surface area contributed by atoms with E-state index >= 15 is 0 Å². The molecule has 0 aliphatic carbocycles. The molecular weight excluding hydrogens is 260 g/mol. The van der Waals surface area contributed by atoms with Gasteiger partial charge in [0.2, 0.25) is 0 Å². The number of H-pyrrole nitrogens is 1. The topological polar surface area (TPSA) is 88.9 Å². The second-order valence-electron chi connectivity index (χ2n) is 4.76. The minimum absolute atomic E-state index is 0.274. The van der Waals surface area contributed by atoms with E-state index in [2.05, 4.69) is 10.3 Å². The maximum atomic E-state index is 12.0. The number of unbranched alkanes of at least 4 members (excludes halogenated alkanes) is 1. The molecule has 0 radical (unpaired) electrons. The number of amides is 1. The first kappa shape index (κ1) is 14.1. The number of carbonyl (C=O) groups is 1. The number of aromatic nitrogens is 3. The van der Waals surface area contributed by atoms with Gasteiger partial charge in [-0.3, -0.25) is 18.7 Å². The molecule has 0 unspecified atom stereocenters. The zero-order chi connectivity index (χ0) is 14.9. The Morgan fingerprint density at radius 1 is 1.30 bits per heavy atom. The van der Waals surface area contributed by atoms with Gasteiger partial charge in [-0.2, -0.15) is 0 Å². The normalized spacial score (nSPS) is 10.9. The zero-order valence-corrected chi connectivity index (χ0v) is 11.8. The molecule has 0 saturated heterocycles. The van der Waals surface area contributed by atoms with E-state index in [0.29, 0.717) is 17.6 Å². The Morgan fingerprint density at radius 3 is 2.65 bits per heavy atom. The molecule has 2 N–H and O–H groups in total. The van der Waals surface area contributed by atoms with Crippen LogP contribution in [0.5, 0.6) is 0 Å². The molecule has 7 nitrogen and oxygen atoms in total. The predicted molar refractivity (Wildman–Crippen MR) is 76.0 cm³/mol. The summed E-state index contributed by atoms with van der Waals surface area (Å²) in [6.45, 7) is 2.62. The maximum Gasteiger partial charge on any atom is 0.332 e. The van der Waals surface area contributed by atoms with E-state index in [0.717, 1.165) is 17.4 Å². The number of nitrogens with zero attached hydrogens (tertiary/aromatic N) is 2. The summed E-state index contributed by atoms with van der Waals surface area (Å²) >= 11 is 0. The summed E-state index contributed by atoms with van der Waals surface area (Å²) in [5.41, 5.74) is -0.192. The van der Waals surface area contributed by atoms with Crippen molar-refractivity contribution < 1.29 is 4.79 Å². The minimum Gasteiger partial charge on any atom is -0.351 e. The molecule has 7 heteroatoms. The van der Waals surface area contributed by atoms with Crippen LogP contribution >= 0.6 is 0 Å². The number of aromatic amines is 1. The molecule has 108 valence electrons. The average molecular weight is 278 g/mol. The second-order valence-corrected chi connectivity index (χ2v) is 4.76. The van der Waals surface area contributed by atoms with Crippen LogP contribution in [0.25, 0.3) is 11.0 Å². The van der Waals surface area contributed by atoms with Crippen LogP contribution in [-0.4, -0.2) is 26.6 Å². The number of hydrogen-bond acceptors (Lipinski definition) is 3. The Labute approximate surface area is 115 Å². The van der Waals surface area contributed by atoms with Gasteiger partial charge in [-0.05, 0) is 12.5 Å². The van der Waals surface area contributed by atoms with Gasteiger partial charge in [-0.1, -0.05) is 13.3 Å². The molecule has 2 rings (SSSR count). The lowest BCUT2D eigenvalue weighted by molar-refractivity contribution is 0.0949. The van der Waals surface area contributed by atoms with Gasteiger partial charge in [0.1, 0.15) is 11.3 Å². The van der Waals surface area contributed by atoms with Crippen LogP contribution < -0.4 is 16.6 Å². The highest BCUT2D eigenvalue weighted by molar-refractivity contribution is 5.97. The van der Waals surface area contributed by atoms with Crippen molar-refractivity contribution in [2.75, 3.05) is 6.54 Å². The third-order valence-corrected chi connectivity index (χ3v) is 3.30. The molecular formula is C13H18N4O3. The molecule has 2 aromatic rings. The third kappa shape index (κ3) is 2.26.